The minimum atomic E-state index is -1.02. The Hall–Kier alpha value is -3.26. The first kappa shape index (κ1) is 20.5. The molecule has 0 saturated heterocycles. The predicted octanol–water partition coefficient (Wildman–Crippen LogP) is 3.10. The van der Waals surface area contributed by atoms with E-state index in [1.165, 1.54) is 40.7 Å². The van der Waals surface area contributed by atoms with Crippen LogP contribution in [0.1, 0.15) is 19.4 Å². The summed E-state index contributed by atoms with van der Waals surface area (Å²) in [7, 11) is 0. The number of aryl methyl sites for hydroxylation is 1. The number of thiazole rings is 1. The highest BCUT2D eigenvalue weighted by molar-refractivity contribution is 7.14. The third kappa shape index (κ3) is 5.39. The molecule has 0 bridgehead atoms. The van der Waals surface area contributed by atoms with Gasteiger partial charge in [0.1, 0.15) is 6.54 Å². The Morgan fingerprint density at radius 3 is 2.66 bits per heavy atom. The maximum absolute atomic E-state index is 12.3. The van der Waals surface area contributed by atoms with Gasteiger partial charge in [0.2, 0.25) is 0 Å². The van der Waals surface area contributed by atoms with Gasteiger partial charge in [0, 0.05) is 23.2 Å². The summed E-state index contributed by atoms with van der Waals surface area (Å²) < 4.78 is 6.34. The van der Waals surface area contributed by atoms with Gasteiger partial charge in [0.25, 0.3) is 11.5 Å². The molecule has 0 fully saturated rings. The average Bonchev–Trinajstić information content (AvgIpc) is 3.18. The summed E-state index contributed by atoms with van der Waals surface area (Å²) >= 11 is 1.29. The lowest BCUT2D eigenvalue weighted by atomic mass is 10.1. The highest BCUT2D eigenvalue weighted by Crippen LogP contribution is 2.25. The van der Waals surface area contributed by atoms with E-state index in [2.05, 4.69) is 17.2 Å². The van der Waals surface area contributed by atoms with Crippen LogP contribution in [0, 0.1) is 0 Å². The van der Waals surface area contributed by atoms with Crippen molar-refractivity contribution >= 4 is 28.3 Å². The number of ether oxygens (including phenoxy) is 1. The van der Waals surface area contributed by atoms with Crippen LogP contribution in [0.2, 0.25) is 0 Å². The Labute approximate surface area is 172 Å². The fourth-order valence-corrected chi connectivity index (χ4v) is 3.32. The van der Waals surface area contributed by atoms with Gasteiger partial charge in [-0.05, 0) is 25.0 Å². The van der Waals surface area contributed by atoms with Crippen molar-refractivity contribution in [2.75, 3.05) is 5.32 Å². The van der Waals surface area contributed by atoms with E-state index < -0.39 is 18.0 Å². The van der Waals surface area contributed by atoms with E-state index in [0.717, 1.165) is 17.7 Å². The smallest absolute Gasteiger partial charge is 0.326 e. The second kappa shape index (κ2) is 9.29. The normalized spacial score (nSPS) is 11.7. The van der Waals surface area contributed by atoms with Crippen LogP contribution >= 0.6 is 11.3 Å². The minimum absolute atomic E-state index is 0.257. The molecule has 0 unspecified atom stereocenters. The number of rotatable bonds is 7. The molecule has 2 aromatic heterocycles. The number of carbonyl (C=O) groups is 2. The van der Waals surface area contributed by atoms with Crippen molar-refractivity contribution in [3.05, 3.63) is 70.0 Å². The van der Waals surface area contributed by atoms with Gasteiger partial charge in [-0.15, -0.1) is 11.3 Å². The first-order valence-corrected chi connectivity index (χ1v) is 10.0. The number of nitrogens with zero attached hydrogens (tertiary/aromatic N) is 2. The Morgan fingerprint density at radius 1 is 1.21 bits per heavy atom. The molecule has 0 aliphatic heterocycles. The van der Waals surface area contributed by atoms with Crippen molar-refractivity contribution < 1.29 is 14.3 Å². The van der Waals surface area contributed by atoms with Crippen molar-refractivity contribution in [1.29, 1.82) is 0 Å². The summed E-state index contributed by atoms with van der Waals surface area (Å²) in [5, 5.41) is 4.94. The first-order chi connectivity index (χ1) is 14.0. The molecule has 1 amide bonds. The number of nitrogens with one attached hydrogen (secondary N) is 1. The minimum Gasteiger partial charge on any atom is -0.451 e. The van der Waals surface area contributed by atoms with Gasteiger partial charge in [0.05, 0.1) is 5.69 Å². The van der Waals surface area contributed by atoms with Crippen LogP contribution in [0.4, 0.5) is 5.13 Å². The van der Waals surface area contributed by atoms with Gasteiger partial charge in [-0.1, -0.05) is 37.3 Å². The fraction of sp³-hybridized carbons (Fsp3) is 0.238. The molecule has 0 spiro atoms. The Balaban J connectivity index is 1.56. The molecule has 1 atom stereocenters. The number of carbonyl (C=O) groups excluding carboxylic acids is 2. The highest BCUT2D eigenvalue weighted by Gasteiger charge is 2.19. The summed E-state index contributed by atoms with van der Waals surface area (Å²) in [6, 6.07) is 12.7. The van der Waals surface area contributed by atoms with Crippen molar-refractivity contribution in [3.8, 4) is 11.3 Å². The van der Waals surface area contributed by atoms with Gasteiger partial charge in [-0.2, -0.15) is 0 Å². The molecule has 29 heavy (non-hydrogen) atoms. The van der Waals surface area contributed by atoms with Crippen LogP contribution in [-0.2, 0) is 27.3 Å². The maximum atomic E-state index is 12.3. The fourth-order valence-electron chi connectivity index (χ4n) is 2.60. The zero-order valence-electron chi connectivity index (χ0n) is 16.1. The van der Waals surface area contributed by atoms with Crippen LogP contribution in [0.25, 0.3) is 11.3 Å². The Morgan fingerprint density at radius 2 is 1.97 bits per heavy atom. The van der Waals surface area contributed by atoms with Crippen molar-refractivity contribution in [2.45, 2.75) is 32.9 Å². The molecule has 0 aliphatic rings. The molecule has 8 heteroatoms. The molecule has 1 aromatic carbocycles. The molecule has 7 nitrogen and oxygen atoms in total. The van der Waals surface area contributed by atoms with E-state index in [1.807, 2.05) is 29.6 Å². The van der Waals surface area contributed by atoms with E-state index in [0.29, 0.717) is 5.13 Å². The quantitative estimate of drug-likeness (QED) is 0.604. The number of hydrogen-bond donors (Lipinski definition) is 1. The standard InChI is InChI=1S/C21H21N3O4S/c1-3-15-7-9-16(10-8-15)17-13-29-21(22-17)23-20(27)14(2)28-19(26)12-24-11-5-4-6-18(24)25/h4-11,13-14H,3,12H2,1-2H3,(H,22,23,27)/t14-/m0/s1. The van der Waals surface area contributed by atoms with E-state index in [-0.39, 0.29) is 12.1 Å². The third-order valence-corrected chi connectivity index (χ3v) is 5.03. The molecule has 0 radical (unpaired) electrons. The topological polar surface area (TPSA) is 90.3 Å². The molecular formula is C21H21N3O4S. The third-order valence-electron chi connectivity index (χ3n) is 4.27. The molecule has 0 aliphatic carbocycles. The summed E-state index contributed by atoms with van der Waals surface area (Å²) in [5.74, 6) is -1.15. The zero-order chi connectivity index (χ0) is 20.8. The average molecular weight is 411 g/mol. The number of benzene rings is 1. The van der Waals surface area contributed by atoms with E-state index in [4.69, 9.17) is 4.74 Å². The molecule has 1 N–H and O–H groups in total. The van der Waals surface area contributed by atoms with E-state index in [9.17, 15) is 14.4 Å². The lowest BCUT2D eigenvalue weighted by Gasteiger charge is -2.13. The number of esters is 1. The van der Waals surface area contributed by atoms with E-state index in [1.54, 1.807) is 12.1 Å². The van der Waals surface area contributed by atoms with Gasteiger partial charge >= 0.3 is 5.97 Å². The Kier molecular flexibility index (Phi) is 6.56. The predicted molar refractivity (Wildman–Crippen MR) is 112 cm³/mol. The number of pyridine rings is 1. The number of aromatic nitrogens is 2. The largest absolute Gasteiger partial charge is 0.451 e. The molecule has 0 saturated carbocycles. The van der Waals surface area contributed by atoms with Gasteiger partial charge in [-0.3, -0.25) is 19.7 Å². The molecule has 3 rings (SSSR count). The Bertz CT molecular complexity index is 1060. The summed E-state index contributed by atoms with van der Waals surface area (Å²) in [6.45, 7) is 3.31. The van der Waals surface area contributed by atoms with Crippen molar-refractivity contribution in [3.63, 3.8) is 0 Å². The second-order valence-corrected chi connectivity index (χ2v) is 7.23. The number of hydrogen-bond acceptors (Lipinski definition) is 6. The van der Waals surface area contributed by atoms with Crippen LogP contribution in [-0.4, -0.2) is 27.5 Å². The number of amides is 1. The second-order valence-electron chi connectivity index (χ2n) is 6.38. The molecule has 3 aromatic rings. The zero-order valence-corrected chi connectivity index (χ0v) is 16.9. The lowest BCUT2D eigenvalue weighted by Crippen LogP contribution is -2.32. The molecular weight excluding hydrogens is 390 g/mol. The first-order valence-electron chi connectivity index (χ1n) is 9.17. The van der Waals surface area contributed by atoms with E-state index >= 15 is 0 Å². The van der Waals surface area contributed by atoms with Crippen LogP contribution < -0.4 is 10.9 Å². The highest BCUT2D eigenvalue weighted by atomic mass is 32.1. The van der Waals surface area contributed by atoms with Crippen LogP contribution in [0.15, 0.2) is 58.8 Å². The maximum Gasteiger partial charge on any atom is 0.326 e. The molecule has 2 heterocycles. The number of anilines is 1. The van der Waals surface area contributed by atoms with Crippen LogP contribution in [0.5, 0.6) is 0 Å². The van der Waals surface area contributed by atoms with Crippen molar-refractivity contribution in [1.82, 2.24) is 9.55 Å². The summed E-state index contributed by atoms with van der Waals surface area (Å²) in [4.78, 5) is 40.4. The summed E-state index contributed by atoms with van der Waals surface area (Å²) in [5.41, 5.74) is 2.66. The van der Waals surface area contributed by atoms with Gasteiger partial charge < -0.3 is 9.30 Å². The van der Waals surface area contributed by atoms with Gasteiger partial charge in [0.15, 0.2) is 11.2 Å². The van der Waals surface area contributed by atoms with Crippen molar-refractivity contribution in [2.24, 2.45) is 0 Å². The van der Waals surface area contributed by atoms with Gasteiger partial charge in [-0.25, -0.2) is 4.98 Å². The molecule has 150 valence electrons. The summed E-state index contributed by atoms with van der Waals surface area (Å²) in [6.07, 6.45) is 1.44. The van der Waals surface area contributed by atoms with Crippen LogP contribution in [0.3, 0.4) is 0 Å². The monoisotopic (exact) mass is 411 g/mol. The SMILES string of the molecule is CCc1ccc(-c2csc(NC(=O)[C@H](C)OC(=O)Cn3ccccc3=O)n2)cc1. The lowest BCUT2D eigenvalue weighted by molar-refractivity contribution is -0.153.